The minimum Gasteiger partial charge on any atom is -0.351 e. The molecule has 29 heavy (non-hydrogen) atoms. The highest BCUT2D eigenvalue weighted by molar-refractivity contribution is 5.98. The zero-order valence-corrected chi connectivity index (χ0v) is 17.2. The molecule has 3 aromatic rings. The second kappa shape index (κ2) is 8.62. The van der Waals surface area contributed by atoms with E-state index in [-0.39, 0.29) is 5.91 Å². The van der Waals surface area contributed by atoms with Crippen LogP contribution in [0.5, 0.6) is 0 Å². The van der Waals surface area contributed by atoms with Crippen LogP contribution in [0, 0.1) is 13.8 Å². The number of hydrogen-bond acceptors (Lipinski definition) is 2. The van der Waals surface area contributed by atoms with Crippen molar-refractivity contribution in [2.45, 2.75) is 20.3 Å². The summed E-state index contributed by atoms with van der Waals surface area (Å²) in [7, 11) is 0. The molecule has 0 radical (unpaired) electrons. The largest absolute Gasteiger partial charge is 0.351 e. The second-order valence-electron chi connectivity index (χ2n) is 7.97. The van der Waals surface area contributed by atoms with E-state index in [1.165, 1.54) is 22.3 Å². The van der Waals surface area contributed by atoms with E-state index in [1.54, 1.807) is 0 Å². The third kappa shape index (κ3) is 4.75. The molecule has 0 spiro atoms. The number of benzene rings is 3. The van der Waals surface area contributed by atoms with E-state index in [1.807, 2.05) is 36.4 Å². The van der Waals surface area contributed by atoms with E-state index in [4.69, 9.17) is 0 Å². The Morgan fingerprint density at radius 3 is 2.45 bits per heavy atom. The van der Waals surface area contributed by atoms with Crippen LogP contribution in [0.25, 0.3) is 16.3 Å². The van der Waals surface area contributed by atoms with Crippen LogP contribution < -0.4 is 5.32 Å². The van der Waals surface area contributed by atoms with Gasteiger partial charge in [-0.1, -0.05) is 65.7 Å². The Kier molecular flexibility index (Phi) is 5.77. The van der Waals surface area contributed by atoms with E-state index < -0.39 is 0 Å². The molecular formula is C26H28N2O. The molecule has 3 nitrogen and oxygen atoms in total. The molecule has 3 heteroatoms. The lowest BCUT2D eigenvalue weighted by atomic mass is 9.96. The fourth-order valence-electron chi connectivity index (χ4n) is 4.10. The Morgan fingerprint density at radius 2 is 1.72 bits per heavy atom. The first-order valence-electron chi connectivity index (χ1n) is 10.4. The summed E-state index contributed by atoms with van der Waals surface area (Å²) in [6.45, 7) is 7.82. The van der Waals surface area contributed by atoms with Gasteiger partial charge in [-0.25, -0.2) is 0 Å². The SMILES string of the molecule is Cc1cc(C)cc(C2=CCN(CCNC(=O)c3ccc4ccccc4c3)CC2)c1. The van der Waals surface area contributed by atoms with Crippen LogP contribution in [0.2, 0.25) is 0 Å². The van der Waals surface area contributed by atoms with Crippen molar-refractivity contribution in [1.82, 2.24) is 10.2 Å². The number of carbonyl (C=O) groups is 1. The first-order valence-corrected chi connectivity index (χ1v) is 10.4. The molecule has 4 rings (SSSR count). The quantitative estimate of drug-likeness (QED) is 0.673. The summed E-state index contributed by atoms with van der Waals surface area (Å²) in [6, 6.07) is 20.8. The van der Waals surface area contributed by atoms with Crippen molar-refractivity contribution in [3.8, 4) is 0 Å². The van der Waals surface area contributed by atoms with Crippen LogP contribution in [0.15, 0.2) is 66.7 Å². The molecule has 0 saturated carbocycles. The van der Waals surface area contributed by atoms with Gasteiger partial charge < -0.3 is 5.32 Å². The number of hydrogen-bond donors (Lipinski definition) is 1. The Labute approximate surface area is 173 Å². The minimum atomic E-state index is -0.000713. The topological polar surface area (TPSA) is 32.3 Å². The number of amides is 1. The Morgan fingerprint density at radius 1 is 0.966 bits per heavy atom. The van der Waals surface area contributed by atoms with Gasteiger partial charge in [-0.2, -0.15) is 0 Å². The highest BCUT2D eigenvalue weighted by Gasteiger charge is 2.14. The molecule has 0 saturated heterocycles. The molecule has 0 aliphatic carbocycles. The van der Waals surface area contributed by atoms with Crippen molar-refractivity contribution in [2.24, 2.45) is 0 Å². The van der Waals surface area contributed by atoms with Crippen molar-refractivity contribution in [1.29, 1.82) is 0 Å². The highest BCUT2D eigenvalue weighted by atomic mass is 16.1. The van der Waals surface area contributed by atoms with Gasteiger partial charge in [-0.3, -0.25) is 9.69 Å². The fraction of sp³-hybridized carbons (Fsp3) is 0.269. The molecule has 1 heterocycles. The van der Waals surface area contributed by atoms with E-state index >= 15 is 0 Å². The lowest BCUT2D eigenvalue weighted by Gasteiger charge is -2.26. The average Bonchev–Trinajstić information content (AvgIpc) is 2.73. The summed E-state index contributed by atoms with van der Waals surface area (Å²) >= 11 is 0. The molecule has 148 valence electrons. The summed E-state index contributed by atoms with van der Waals surface area (Å²) in [5, 5.41) is 5.32. The maximum absolute atomic E-state index is 12.5. The molecule has 1 amide bonds. The van der Waals surface area contributed by atoms with Crippen LogP contribution in [0.3, 0.4) is 0 Å². The third-order valence-corrected chi connectivity index (χ3v) is 5.61. The summed E-state index contributed by atoms with van der Waals surface area (Å²) in [4.78, 5) is 14.9. The molecule has 0 aromatic heterocycles. The van der Waals surface area contributed by atoms with Gasteiger partial charge in [0.2, 0.25) is 0 Å². The normalized spacial score (nSPS) is 14.6. The molecule has 0 fully saturated rings. The zero-order valence-electron chi connectivity index (χ0n) is 17.2. The maximum atomic E-state index is 12.5. The minimum absolute atomic E-state index is 0.000713. The summed E-state index contributed by atoms with van der Waals surface area (Å²) in [6.07, 6.45) is 3.39. The zero-order chi connectivity index (χ0) is 20.2. The van der Waals surface area contributed by atoms with E-state index in [0.29, 0.717) is 6.54 Å². The Bertz CT molecular complexity index is 1050. The van der Waals surface area contributed by atoms with Crippen LogP contribution in [0.4, 0.5) is 0 Å². The van der Waals surface area contributed by atoms with Gasteiger partial charge in [-0.15, -0.1) is 0 Å². The summed E-state index contributed by atoms with van der Waals surface area (Å²) in [5.41, 5.74) is 6.15. The molecule has 1 aliphatic rings. The van der Waals surface area contributed by atoms with E-state index in [2.05, 4.69) is 54.4 Å². The molecule has 0 unspecified atom stereocenters. The predicted molar refractivity (Wildman–Crippen MR) is 121 cm³/mol. The second-order valence-corrected chi connectivity index (χ2v) is 7.97. The monoisotopic (exact) mass is 384 g/mol. The number of aryl methyl sites for hydroxylation is 2. The van der Waals surface area contributed by atoms with Crippen molar-refractivity contribution >= 4 is 22.3 Å². The number of nitrogens with one attached hydrogen (secondary N) is 1. The van der Waals surface area contributed by atoms with Gasteiger partial charge in [-0.05, 0) is 54.3 Å². The molecule has 1 aliphatic heterocycles. The van der Waals surface area contributed by atoms with Gasteiger partial charge in [0.25, 0.3) is 5.91 Å². The number of fused-ring (bicyclic) bond motifs is 1. The lowest BCUT2D eigenvalue weighted by Crippen LogP contribution is -2.37. The number of rotatable bonds is 5. The standard InChI is InChI=1S/C26H28N2O/c1-19-15-20(2)17-25(16-19)22-9-12-28(13-10-22)14-11-27-26(29)24-8-7-21-5-3-4-6-23(21)18-24/h3-9,15-18H,10-14H2,1-2H3,(H,27,29). The van der Waals surface area contributed by atoms with Gasteiger partial charge in [0.1, 0.15) is 0 Å². The molecular weight excluding hydrogens is 356 g/mol. The molecule has 1 N–H and O–H groups in total. The van der Waals surface area contributed by atoms with Gasteiger partial charge in [0.15, 0.2) is 0 Å². The maximum Gasteiger partial charge on any atom is 0.251 e. The molecule has 0 bridgehead atoms. The van der Waals surface area contributed by atoms with Crippen LogP contribution in [-0.4, -0.2) is 37.0 Å². The van der Waals surface area contributed by atoms with Gasteiger partial charge in [0.05, 0.1) is 0 Å². The van der Waals surface area contributed by atoms with Crippen LogP contribution in [-0.2, 0) is 0 Å². The van der Waals surface area contributed by atoms with Crippen molar-refractivity contribution in [2.75, 3.05) is 26.2 Å². The smallest absolute Gasteiger partial charge is 0.251 e. The first-order chi connectivity index (χ1) is 14.1. The van der Waals surface area contributed by atoms with Crippen LogP contribution >= 0.6 is 0 Å². The Hall–Kier alpha value is -2.91. The van der Waals surface area contributed by atoms with Crippen molar-refractivity contribution in [3.05, 3.63) is 89.0 Å². The average molecular weight is 385 g/mol. The van der Waals surface area contributed by atoms with Crippen molar-refractivity contribution < 1.29 is 4.79 Å². The van der Waals surface area contributed by atoms with Gasteiger partial charge in [0, 0.05) is 31.7 Å². The highest BCUT2D eigenvalue weighted by Crippen LogP contribution is 2.24. The van der Waals surface area contributed by atoms with E-state index in [0.717, 1.165) is 42.4 Å². The fourth-order valence-corrected chi connectivity index (χ4v) is 4.10. The third-order valence-electron chi connectivity index (χ3n) is 5.61. The summed E-state index contributed by atoms with van der Waals surface area (Å²) < 4.78 is 0. The van der Waals surface area contributed by atoms with Crippen molar-refractivity contribution in [3.63, 3.8) is 0 Å². The number of nitrogens with zero attached hydrogens (tertiary/aromatic N) is 1. The Balaban J connectivity index is 1.30. The van der Waals surface area contributed by atoms with Gasteiger partial charge >= 0.3 is 0 Å². The molecule has 3 aromatic carbocycles. The molecule has 0 atom stereocenters. The predicted octanol–water partition coefficient (Wildman–Crippen LogP) is 4.98. The number of carbonyl (C=O) groups excluding carboxylic acids is 1. The summed E-state index contributed by atoms with van der Waals surface area (Å²) in [5.74, 6) is -0.000713. The first kappa shape index (κ1) is 19.4. The lowest BCUT2D eigenvalue weighted by molar-refractivity contribution is 0.0949. The van der Waals surface area contributed by atoms with E-state index in [9.17, 15) is 4.79 Å². The van der Waals surface area contributed by atoms with Crippen LogP contribution in [0.1, 0.15) is 33.5 Å².